The van der Waals surface area contributed by atoms with E-state index >= 15 is 0 Å². The summed E-state index contributed by atoms with van der Waals surface area (Å²) in [5.74, 6) is 0.873. The van der Waals surface area contributed by atoms with Gasteiger partial charge in [-0.3, -0.25) is 0 Å². The highest BCUT2D eigenvalue weighted by molar-refractivity contribution is 7.80. The summed E-state index contributed by atoms with van der Waals surface area (Å²) in [6.07, 6.45) is 0.874. The molecule has 1 heterocycles. The Kier molecular flexibility index (Phi) is 5.05. The van der Waals surface area contributed by atoms with E-state index in [0.717, 1.165) is 34.1 Å². The molecule has 0 radical (unpaired) electrons. The lowest BCUT2D eigenvalue weighted by Crippen LogP contribution is -2.30. The molecule has 2 N–H and O–H groups in total. The zero-order valence-corrected chi connectivity index (χ0v) is 14.3. The molecule has 0 aliphatic heterocycles. The smallest absolute Gasteiger partial charge is 0.190 e. The third-order valence-electron chi connectivity index (χ3n) is 3.35. The number of rotatable bonds is 5. The second kappa shape index (κ2) is 7.39. The van der Waals surface area contributed by atoms with Gasteiger partial charge in [0.2, 0.25) is 0 Å². The number of benzene rings is 2. The Bertz CT molecular complexity index is 783. The first-order valence-electron chi connectivity index (χ1n) is 7.28. The van der Waals surface area contributed by atoms with Gasteiger partial charge in [-0.05, 0) is 48.5 Å². The highest BCUT2D eigenvalue weighted by Crippen LogP contribution is 2.25. The van der Waals surface area contributed by atoms with E-state index in [-0.39, 0.29) is 0 Å². The Morgan fingerprint density at radius 1 is 1.22 bits per heavy atom. The van der Waals surface area contributed by atoms with Gasteiger partial charge >= 0.3 is 0 Å². The number of hydrogen-bond donors (Lipinski definition) is 2. The van der Waals surface area contributed by atoms with Crippen LogP contribution in [0.4, 0.5) is 5.13 Å². The van der Waals surface area contributed by atoms with Crippen molar-refractivity contribution >= 4 is 44.0 Å². The van der Waals surface area contributed by atoms with Gasteiger partial charge in [-0.15, -0.1) is 0 Å². The number of hydrogen-bond acceptors (Lipinski definition) is 4. The maximum absolute atomic E-state index is 5.32. The van der Waals surface area contributed by atoms with Crippen LogP contribution in [0.25, 0.3) is 10.2 Å². The van der Waals surface area contributed by atoms with E-state index in [1.165, 1.54) is 5.56 Å². The maximum atomic E-state index is 5.32. The zero-order valence-electron chi connectivity index (χ0n) is 12.7. The lowest BCUT2D eigenvalue weighted by atomic mass is 10.1. The van der Waals surface area contributed by atoms with Crippen LogP contribution in [0, 0.1) is 0 Å². The molecule has 0 amide bonds. The highest BCUT2D eigenvalue weighted by atomic mass is 32.1. The van der Waals surface area contributed by atoms with Crippen molar-refractivity contribution in [2.75, 3.05) is 19.0 Å². The first kappa shape index (κ1) is 15.7. The predicted molar refractivity (Wildman–Crippen MR) is 101 cm³/mol. The fraction of sp³-hybridized carbons (Fsp3) is 0.176. The van der Waals surface area contributed by atoms with Gasteiger partial charge < -0.3 is 15.4 Å². The van der Waals surface area contributed by atoms with E-state index in [4.69, 9.17) is 17.0 Å². The minimum absolute atomic E-state index is 0.590. The third-order valence-corrected chi connectivity index (χ3v) is 4.55. The Labute approximate surface area is 144 Å². The number of fused-ring (bicyclic) bond motifs is 1. The largest absolute Gasteiger partial charge is 0.497 e. The van der Waals surface area contributed by atoms with Crippen LogP contribution in [-0.4, -0.2) is 23.8 Å². The van der Waals surface area contributed by atoms with E-state index in [0.29, 0.717) is 5.11 Å². The summed E-state index contributed by atoms with van der Waals surface area (Å²) in [4.78, 5) is 4.50. The molecule has 0 spiro atoms. The molecule has 0 saturated carbocycles. The minimum atomic E-state index is 0.590. The van der Waals surface area contributed by atoms with Crippen LogP contribution in [0.15, 0.2) is 48.5 Å². The number of ether oxygens (including phenoxy) is 1. The van der Waals surface area contributed by atoms with Gasteiger partial charge in [0, 0.05) is 6.54 Å². The summed E-state index contributed by atoms with van der Waals surface area (Å²) in [6.45, 7) is 0.754. The number of thiocarbonyl (C=S) groups is 1. The van der Waals surface area contributed by atoms with Crippen LogP contribution in [0.3, 0.4) is 0 Å². The topological polar surface area (TPSA) is 46.2 Å². The van der Waals surface area contributed by atoms with Crippen LogP contribution in [-0.2, 0) is 6.42 Å². The van der Waals surface area contributed by atoms with E-state index in [1.807, 2.05) is 36.4 Å². The molecular weight excluding hydrogens is 326 g/mol. The lowest BCUT2D eigenvalue weighted by molar-refractivity contribution is 0.414. The fourth-order valence-electron chi connectivity index (χ4n) is 2.22. The SMILES string of the molecule is COc1cccc(CCNC(=S)Nc2nc3ccccc3s2)c1. The average Bonchev–Trinajstić information content (AvgIpc) is 2.97. The van der Waals surface area contributed by atoms with E-state index in [9.17, 15) is 0 Å². The monoisotopic (exact) mass is 343 g/mol. The van der Waals surface area contributed by atoms with Gasteiger partial charge in [0.05, 0.1) is 17.3 Å². The van der Waals surface area contributed by atoms with Gasteiger partial charge in [-0.2, -0.15) is 0 Å². The molecule has 3 aromatic rings. The first-order chi connectivity index (χ1) is 11.2. The van der Waals surface area contributed by atoms with E-state index in [1.54, 1.807) is 18.4 Å². The molecule has 2 aromatic carbocycles. The molecule has 0 bridgehead atoms. The molecule has 6 heteroatoms. The van der Waals surface area contributed by atoms with Crippen LogP contribution >= 0.6 is 23.6 Å². The molecule has 0 saturated heterocycles. The molecule has 118 valence electrons. The highest BCUT2D eigenvalue weighted by Gasteiger charge is 2.04. The second-order valence-electron chi connectivity index (χ2n) is 4.97. The maximum Gasteiger partial charge on any atom is 0.190 e. The first-order valence-corrected chi connectivity index (χ1v) is 8.50. The van der Waals surface area contributed by atoms with E-state index in [2.05, 4.69) is 27.8 Å². The number of nitrogens with one attached hydrogen (secondary N) is 2. The number of aromatic nitrogens is 1. The Hall–Kier alpha value is -2.18. The van der Waals surface area contributed by atoms with Crippen molar-refractivity contribution in [2.24, 2.45) is 0 Å². The van der Waals surface area contributed by atoms with Gasteiger partial charge in [0.15, 0.2) is 10.2 Å². The van der Waals surface area contributed by atoms with Gasteiger partial charge in [-0.25, -0.2) is 4.98 Å². The minimum Gasteiger partial charge on any atom is -0.497 e. The number of methoxy groups -OCH3 is 1. The van der Waals surface area contributed by atoms with Crippen molar-refractivity contribution in [1.82, 2.24) is 10.3 Å². The Morgan fingerprint density at radius 2 is 2.09 bits per heavy atom. The van der Waals surface area contributed by atoms with Crippen molar-refractivity contribution in [2.45, 2.75) is 6.42 Å². The molecule has 1 aromatic heterocycles. The molecule has 0 unspecified atom stereocenters. The summed E-state index contributed by atoms with van der Waals surface area (Å²) in [6, 6.07) is 16.1. The lowest BCUT2D eigenvalue weighted by Gasteiger charge is -2.09. The van der Waals surface area contributed by atoms with Crippen molar-refractivity contribution in [3.8, 4) is 5.75 Å². The van der Waals surface area contributed by atoms with Crippen molar-refractivity contribution in [3.63, 3.8) is 0 Å². The van der Waals surface area contributed by atoms with Gasteiger partial charge in [0.1, 0.15) is 5.75 Å². The molecule has 0 aliphatic rings. The summed E-state index contributed by atoms with van der Waals surface area (Å²) in [7, 11) is 1.68. The average molecular weight is 343 g/mol. The summed E-state index contributed by atoms with van der Waals surface area (Å²) >= 11 is 6.92. The Balaban J connectivity index is 1.51. The number of thiazole rings is 1. The molecule has 0 atom stereocenters. The van der Waals surface area contributed by atoms with Crippen molar-refractivity contribution < 1.29 is 4.74 Å². The standard InChI is InChI=1S/C17H17N3OS2/c1-21-13-6-4-5-12(11-13)9-10-18-16(22)20-17-19-14-7-2-3-8-15(14)23-17/h2-8,11H,9-10H2,1H3,(H2,18,19,20,22). The summed E-state index contributed by atoms with van der Waals surface area (Å²) in [5.41, 5.74) is 2.19. The summed E-state index contributed by atoms with van der Waals surface area (Å²) < 4.78 is 6.37. The molecule has 23 heavy (non-hydrogen) atoms. The Morgan fingerprint density at radius 3 is 2.91 bits per heavy atom. The predicted octanol–water partition coefficient (Wildman–Crippen LogP) is 3.83. The third kappa shape index (κ3) is 4.18. The molecule has 0 aliphatic carbocycles. The molecule has 0 fully saturated rings. The zero-order chi connectivity index (χ0) is 16.1. The second-order valence-corrected chi connectivity index (χ2v) is 6.41. The van der Waals surface area contributed by atoms with E-state index < -0.39 is 0 Å². The molecular formula is C17H17N3OS2. The van der Waals surface area contributed by atoms with Gasteiger partial charge in [-0.1, -0.05) is 35.6 Å². The van der Waals surface area contributed by atoms with Crippen LogP contribution in [0.5, 0.6) is 5.75 Å². The number of nitrogens with zero attached hydrogens (tertiary/aromatic N) is 1. The van der Waals surface area contributed by atoms with Gasteiger partial charge in [0.25, 0.3) is 0 Å². The van der Waals surface area contributed by atoms with Crippen LogP contribution in [0.1, 0.15) is 5.56 Å². The van der Waals surface area contributed by atoms with Crippen LogP contribution < -0.4 is 15.4 Å². The van der Waals surface area contributed by atoms with Crippen LogP contribution in [0.2, 0.25) is 0 Å². The molecule has 4 nitrogen and oxygen atoms in total. The molecule has 3 rings (SSSR count). The van der Waals surface area contributed by atoms with Crippen molar-refractivity contribution in [1.29, 1.82) is 0 Å². The quantitative estimate of drug-likeness (QED) is 0.689. The normalized spacial score (nSPS) is 10.5. The number of para-hydroxylation sites is 1. The summed E-state index contributed by atoms with van der Waals surface area (Å²) in [5, 5.41) is 7.75. The number of anilines is 1. The van der Waals surface area contributed by atoms with Crippen molar-refractivity contribution in [3.05, 3.63) is 54.1 Å². The fourth-order valence-corrected chi connectivity index (χ4v) is 3.35.